The van der Waals surface area contributed by atoms with E-state index in [1.807, 2.05) is 61.6 Å². The van der Waals surface area contributed by atoms with E-state index in [9.17, 15) is 0 Å². The quantitative estimate of drug-likeness (QED) is 0.429. The van der Waals surface area contributed by atoms with Crippen molar-refractivity contribution in [1.82, 2.24) is 0 Å². The molecule has 0 aromatic heterocycles. The number of allylic oxidation sites excluding steroid dienone is 4. The molecule has 0 bridgehead atoms. The Morgan fingerprint density at radius 2 is 1.73 bits per heavy atom. The summed E-state index contributed by atoms with van der Waals surface area (Å²) in [4.78, 5) is 0. The molecule has 0 N–H and O–H groups in total. The van der Waals surface area contributed by atoms with Gasteiger partial charge in [-0.3, -0.25) is 0 Å². The van der Waals surface area contributed by atoms with E-state index in [0.29, 0.717) is 25.0 Å². The zero-order valence-corrected chi connectivity index (χ0v) is 18.6. The molecule has 0 spiro atoms. The van der Waals surface area contributed by atoms with Crippen molar-refractivity contribution in [2.45, 2.75) is 24.2 Å². The van der Waals surface area contributed by atoms with Crippen molar-refractivity contribution in [2.24, 2.45) is 0 Å². The van der Waals surface area contributed by atoms with Gasteiger partial charge in [-0.05, 0) is 25.1 Å². The van der Waals surface area contributed by atoms with Gasteiger partial charge >= 0.3 is 89.9 Å². The van der Waals surface area contributed by atoms with Crippen LogP contribution in [0, 0.1) is 0 Å². The first-order valence-electron chi connectivity index (χ1n) is 9.19. The Bertz CT molecular complexity index is 735. The molecule has 2 aromatic rings. The Balaban J connectivity index is 0.000000187. The Kier molecular flexibility index (Phi) is 9.48. The van der Waals surface area contributed by atoms with Crippen LogP contribution in [-0.2, 0) is 18.4 Å². The van der Waals surface area contributed by atoms with E-state index in [0.717, 1.165) is 9.97 Å². The van der Waals surface area contributed by atoms with Crippen LogP contribution in [-0.4, -0.2) is 13.3 Å². The molecule has 0 aliphatic heterocycles. The molecule has 3 heteroatoms. The van der Waals surface area contributed by atoms with Crippen molar-refractivity contribution >= 4 is 12.7 Å². The van der Waals surface area contributed by atoms with Crippen LogP contribution < -0.4 is 4.74 Å². The molecule has 1 atom stereocenters. The Labute approximate surface area is 168 Å². The molecule has 3 rings (SSSR count). The summed E-state index contributed by atoms with van der Waals surface area (Å²) in [6, 6.07) is 18.6. The molecule has 0 heterocycles. The van der Waals surface area contributed by atoms with Crippen molar-refractivity contribution in [3.63, 3.8) is 0 Å². The van der Waals surface area contributed by atoms with E-state index in [4.69, 9.17) is 4.74 Å². The summed E-state index contributed by atoms with van der Waals surface area (Å²) in [5, 5.41) is 0. The van der Waals surface area contributed by atoms with E-state index in [1.165, 1.54) is 5.56 Å². The molecule has 0 amide bonds. The maximum atomic E-state index is 5.43. The Morgan fingerprint density at radius 3 is 2.46 bits per heavy atom. The van der Waals surface area contributed by atoms with Gasteiger partial charge in [0.25, 0.3) is 0 Å². The van der Waals surface area contributed by atoms with Gasteiger partial charge in [0.1, 0.15) is 12.4 Å². The fourth-order valence-electron chi connectivity index (χ4n) is 2.66. The zero-order chi connectivity index (χ0) is 18.6. The first-order chi connectivity index (χ1) is 12.7. The molecule has 2 aromatic carbocycles. The summed E-state index contributed by atoms with van der Waals surface area (Å²) in [7, 11) is 0. The average Bonchev–Trinajstić information content (AvgIpc) is 3.05. The monoisotopic (exact) mass is 396 g/mol. The Hall–Kier alpha value is -1.61. The number of benzene rings is 2. The second kappa shape index (κ2) is 11.9. The molecule has 0 fully saturated rings. The summed E-state index contributed by atoms with van der Waals surface area (Å²) < 4.78 is 6.28. The molecule has 134 valence electrons. The standard InChI is InChI=1S/C12H14O.C9H7.C2H7Si.Ti/c1-2-3-4-8-11-13-12-9-6-5-7-10-12;1-2-5-9-7-3-6-8(9)4-1;1-3-2;/h2-10H,11H2,1H3;1-7H;3H,1-2H3;. The van der Waals surface area contributed by atoms with Gasteiger partial charge in [0.15, 0.2) is 0 Å². The molecule has 1 nitrogen and oxygen atoms in total. The van der Waals surface area contributed by atoms with Crippen molar-refractivity contribution in [3.05, 3.63) is 96.1 Å². The number of ether oxygens (including phenoxy) is 1. The van der Waals surface area contributed by atoms with Crippen molar-refractivity contribution in [3.8, 4) is 5.75 Å². The summed E-state index contributed by atoms with van der Waals surface area (Å²) in [5.74, 6) is 0.910. The van der Waals surface area contributed by atoms with Gasteiger partial charge in [-0.1, -0.05) is 36.4 Å². The first kappa shape index (κ1) is 20.7. The SMILES string of the molecule is CC=CC=CCOc1ccccc1.C[SiH](C)[Ti][CH]1C=Cc2ccccc21. The summed E-state index contributed by atoms with van der Waals surface area (Å²) >= 11 is 0.290. The third-order valence-corrected chi connectivity index (χ3v) is 10.5. The number of hydrogen-bond acceptors (Lipinski definition) is 1. The van der Waals surface area contributed by atoms with Crippen LogP contribution >= 0.6 is 0 Å². The van der Waals surface area contributed by atoms with Crippen LogP contribution in [0.15, 0.2) is 85.0 Å². The molecule has 0 radical (unpaired) electrons. The molecule has 1 aliphatic carbocycles. The number of para-hydroxylation sites is 1. The van der Waals surface area contributed by atoms with Crippen molar-refractivity contribution in [1.29, 1.82) is 0 Å². The van der Waals surface area contributed by atoms with Crippen LogP contribution in [0.4, 0.5) is 0 Å². The van der Waals surface area contributed by atoms with E-state index < -0.39 is 0 Å². The summed E-state index contributed by atoms with van der Waals surface area (Å²) in [6.45, 7) is 7.26. The zero-order valence-electron chi connectivity index (χ0n) is 15.9. The molecular weight excluding hydrogens is 368 g/mol. The molecule has 26 heavy (non-hydrogen) atoms. The predicted molar refractivity (Wildman–Crippen MR) is 113 cm³/mol. The second-order valence-corrected chi connectivity index (χ2v) is 17.0. The molecule has 1 aliphatic rings. The van der Waals surface area contributed by atoms with E-state index >= 15 is 0 Å². The van der Waals surface area contributed by atoms with Gasteiger partial charge in [0.05, 0.1) is 0 Å². The number of fused-ring (bicyclic) bond motifs is 1. The molecule has 0 saturated carbocycles. The second-order valence-electron chi connectivity index (χ2n) is 6.37. The predicted octanol–water partition coefficient (Wildman–Crippen LogP) is 6.02. The van der Waals surface area contributed by atoms with Crippen LogP contribution in [0.5, 0.6) is 5.75 Å². The van der Waals surface area contributed by atoms with Crippen LogP contribution in [0.2, 0.25) is 13.1 Å². The third kappa shape index (κ3) is 7.33. The van der Waals surface area contributed by atoms with Crippen molar-refractivity contribution in [2.75, 3.05) is 6.61 Å². The maximum absolute atomic E-state index is 5.43. The fraction of sp³-hybridized carbons (Fsp3) is 0.217. The van der Waals surface area contributed by atoms with Gasteiger partial charge in [-0.25, -0.2) is 0 Å². The number of hydrogen-bond donors (Lipinski definition) is 0. The van der Waals surface area contributed by atoms with Gasteiger partial charge in [0, 0.05) is 0 Å². The normalized spacial score (nSPS) is 15.2. The van der Waals surface area contributed by atoms with Gasteiger partial charge in [-0.2, -0.15) is 0 Å². The average molecular weight is 396 g/mol. The van der Waals surface area contributed by atoms with Crippen LogP contribution in [0.3, 0.4) is 0 Å². The van der Waals surface area contributed by atoms with E-state index in [2.05, 4.69) is 49.5 Å². The minimum absolute atomic E-state index is 0.290. The molecular formula is C23H28OSiTi. The Morgan fingerprint density at radius 1 is 1.00 bits per heavy atom. The molecule has 1 unspecified atom stereocenters. The minimum atomic E-state index is -0.309. The summed E-state index contributed by atoms with van der Waals surface area (Å²) in [5.41, 5.74) is 3.06. The summed E-state index contributed by atoms with van der Waals surface area (Å²) in [6.07, 6.45) is 12.7. The number of rotatable bonds is 6. The van der Waals surface area contributed by atoms with Crippen LogP contribution in [0.25, 0.3) is 6.08 Å². The third-order valence-electron chi connectivity index (χ3n) is 3.84. The van der Waals surface area contributed by atoms with E-state index in [-0.39, 0.29) is 6.66 Å². The van der Waals surface area contributed by atoms with Crippen LogP contribution in [0.1, 0.15) is 22.3 Å². The topological polar surface area (TPSA) is 9.23 Å². The van der Waals surface area contributed by atoms with Gasteiger partial charge < -0.3 is 4.74 Å². The fourth-order valence-corrected chi connectivity index (χ4v) is 8.96. The first-order valence-corrected chi connectivity index (χ1v) is 15.7. The van der Waals surface area contributed by atoms with E-state index in [1.54, 1.807) is 5.56 Å². The van der Waals surface area contributed by atoms with Crippen molar-refractivity contribution < 1.29 is 23.1 Å². The van der Waals surface area contributed by atoms with Gasteiger partial charge in [-0.15, -0.1) is 0 Å². The van der Waals surface area contributed by atoms with Gasteiger partial charge in [0.2, 0.25) is 0 Å². The molecule has 0 saturated heterocycles.